The summed E-state index contributed by atoms with van der Waals surface area (Å²) < 4.78 is 5.40. The maximum atomic E-state index is 12.2. The van der Waals surface area contributed by atoms with Crippen LogP contribution in [0.5, 0.6) is 0 Å². The zero-order valence-electron chi connectivity index (χ0n) is 10.4. The molecule has 0 amide bonds. The number of rotatable bonds is 5. The Labute approximate surface area is 102 Å². The molecule has 0 unspecified atom stereocenters. The third-order valence-electron chi connectivity index (χ3n) is 3.29. The van der Waals surface area contributed by atoms with Gasteiger partial charge in [-0.05, 0) is 44.4 Å². The van der Waals surface area contributed by atoms with Gasteiger partial charge in [0.15, 0.2) is 5.78 Å². The lowest BCUT2D eigenvalue weighted by Crippen LogP contribution is -2.26. The van der Waals surface area contributed by atoms with Crippen LogP contribution < -0.4 is 5.73 Å². The molecule has 92 valence electrons. The summed E-state index contributed by atoms with van der Waals surface area (Å²) in [7, 11) is 0. The maximum absolute atomic E-state index is 12.2. The van der Waals surface area contributed by atoms with E-state index in [1.54, 1.807) is 0 Å². The van der Waals surface area contributed by atoms with Crippen molar-refractivity contribution in [2.45, 2.75) is 38.2 Å². The molecule has 2 N–H and O–H groups in total. The van der Waals surface area contributed by atoms with E-state index in [4.69, 9.17) is 10.5 Å². The highest BCUT2D eigenvalue weighted by molar-refractivity contribution is 5.94. The Bertz CT molecular complexity index is 405. The van der Waals surface area contributed by atoms with Crippen LogP contribution >= 0.6 is 0 Å². The maximum Gasteiger partial charge on any atom is 0.168 e. The minimum atomic E-state index is -0.289. The molecule has 0 bridgehead atoms. The molecular weight excluding hydrogens is 214 g/mol. The molecule has 1 aliphatic rings. The van der Waals surface area contributed by atoms with Crippen LogP contribution in [0.2, 0.25) is 0 Å². The van der Waals surface area contributed by atoms with E-state index in [2.05, 4.69) is 0 Å². The average Bonchev–Trinajstić information content (AvgIpc) is 3.08. The molecule has 1 aromatic carbocycles. The number of Topliss-reactive ketones (excluding diaryl/α,β-unsaturated/α-hetero) is 1. The van der Waals surface area contributed by atoms with Crippen LogP contribution in [0, 0.1) is 0 Å². The van der Waals surface area contributed by atoms with Gasteiger partial charge < -0.3 is 10.5 Å². The SMILES string of the molecule is CC(C)OCC(=O)C1(c2ccc(N)cc2)CC1. The largest absolute Gasteiger partial charge is 0.399 e. The lowest BCUT2D eigenvalue weighted by Gasteiger charge is -2.16. The third kappa shape index (κ3) is 2.50. The summed E-state index contributed by atoms with van der Waals surface area (Å²) in [5.41, 5.74) is 7.17. The monoisotopic (exact) mass is 233 g/mol. The normalized spacial score (nSPS) is 17.1. The molecule has 3 heteroatoms. The second-order valence-electron chi connectivity index (χ2n) is 4.99. The van der Waals surface area contributed by atoms with Crippen LogP contribution in [-0.4, -0.2) is 18.5 Å². The fourth-order valence-corrected chi connectivity index (χ4v) is 2.04. The average molecular weight is 233 g/mol. The highest BCUT2D eigenvalue weighted by atomic mass is 16.5. The van der Waals surface area contributed by atoms with Crippen LogP contribution in [0.25, 0.3) is 0 Å². The van der Waals surface area contributed by atoms with Crippen molar-refractivity contribution in [3.8, 4) is 0 Å². The summed E-state index contributed by atoms with van der Waals surface area (Å²) in [4.78, 5) is 12.2. The molecule has 0 aromatic heterocycles. The Hall–Kier alpha value is -1.35. The number of benzene rings is 1. The van der Waals surface area contributed by atoms with Crippen molar-refractivity contribution in [2.24, 2.45) is 0 Å². The number of carbonyl (C=O) groups excluding carboxylic acids is 1. The van der Waals surface area contributed by atoms with Gasteiger partial charge in [0, 0.05) is 5.69 Å². The Kier molecular flexibility index (Phi) is 3.20. The van der Waals surface area contributed by atoms with E-state index in [-0.39, 0.29) is 23.9 Å². The van der Waals surface area contributed by atoms with Crippen molar-refractivity contribution in [3.63, 3.8) is 0 Å². The van der Waals surface area contributed by atoms with E-state index in [0.717, 1.165) is 24.1 Å². The van der Waals surface area contributed by atoms with Gasteiger partial charge in [-0.25, -0.2) is 0 Å². The Morgan fingerprint density at radius 1 is 1.35 bits per heavy atom. The van der Waals surface area contributed by atoms with Crippen LogP contribution in [0.1, 0.15) is 32.3 Å². The van der Waals surface area contributed by atoms with Crippen molar-refractivity contribution >= 4 is 11.5 Å². The van der Waals surface area contributed by atoms with Crippen LogP contribution in [0.3, 0.4) is 0 Å². The first-order valence-electron chi connectivity index (χ1n) is 6.05. The van der Waals surface area contributed by atoms with Crippen LogP contribution in [-0.2, 0) is 14.9 Å². The minimum Gasteiger partial charge on any atom is -0.399 e. The van der Waals surface area contributed by atoms with Gasteiger partial charge in [-0.2, -0.15) is 0 Å². The van der Waals surface area contributed by atoms with Crippen molar-refractivity contribution in [1.82, 2.24) is 0 Å². The van der Waals surface area contributed by atoms with Gasteiger partial charge in [-0.3, -0.25) is 4.79 Å². The molecule has 1 aromatic rings. The molecule has 0 atom stereocenters. The molecule has 3 nitrogen and oxygen atoms in total. The van der Waals surface area contributed by atoms with Crippen LogP contribution in [0.4, 0.5) is 5.69 Å². The Morgan fingerprint density at radius 2 is 1.94 bits per heavy atom. The van der Waals surface area contributed by atoms with E-state index >= 15 is 0 Å². The minimum absolute atomic E-state index is 0.0983. The number of hydrogen-bond donors (Lipinski definition) is 1. The first-order valence-corrected chi connectivity index (χ1v) is 6.05. The predicted octanol–water partition coefficient (Wildman–Crippen LogP) is 2.29. The van der Waals surface area contributed by atoms with Crippen molar-refractivity contribution < 1.29 is 9.53 Å². The second-order valence-corrected chi connectivity index (χ2v) is 4.99. The molecule has 0 saturated heterocycles. The highest BCUT2D eigenvalue weighted by Gasteiger charge is 2.50. The molecule has 0 heterocycles. The van der Waals surface area contributed by atoms with E-state index in [9.17, 15) is 4.79 Å². The van der Waals surface area contributed by atoms with Gasteiger partial charge in [-0.15, -0.1) is 0 Å². The summed E-state index contributed by atoms with van der Waals surface area (Å²) in [5.74, 6) is 0.191. The molecule has 1 fully saturated rings. The van der Waals surface area contributed by atoms with Gasteiger partial charge in [0.2, 0.25) is 0 Å². The van der Waals surface area contributed by atoms with Crippen molar-refractivity contribution in [1.29, 1.82) is 0 Å². The summed E-state index contributed by atoms with van der Waals surface area (Å²) in [6.45, 7) is 4.09. The lowest BCUT2D eigenvalue weighted by molar-refractivity contribution is -0.127. The number of nitrogen functional groups attached to an aromatic ring is 1. The quantitative estimate of drug-likeness (QED) is 0.794. The summed E-state index contributed by atoms with van der Waals surface area (Å²) in [6, 6.07) is 7.61. The van der Waals surface area contributed by atoms with E-state index < -0.39 is 0 Å². The second kappa shape index (κ2) is 4.49. The van der Waals surface area contributed by atoms with Gasteiger partial charge in [0.1, 0.15) is 6.61 Å². The molecular formula is C14H19NO2. The van der Waals surface area contributed by atoms with Crippen LogP contribution in [0.15, 0.2) is 24.3 Å². The molecule has 1 saturated carbocycles. The van der Waals surface area contributed by atoms with Gasteiger partial charge in [-0.1, -0.05) is 12.1 Å². The van der Waals surface area contributed by atoms with E-state index in [0.29, 0.717) is 0 Å². The first-order chi connectivity index (χ1) is 8.04. The smallest absolute Gasteiger partial charge is 0.168 e. The van der Waals surface area contributed by atoms with Gasteiger partial charge in [0.05, 0.1) is 11.5 Å². The Balaban J connectivity index is 2.08. The summed E-state index contributed by atoms with van der Waals surface area (Å²) in [5, 5.41) is 0. The van der Waals surface area contributed by atoms with Gasteiger partial charge >= 0.3 is 0 Å². The molecule has 2 rings (SSSR count). The zero-order chi connectivity index (χ0) is 12.5. The number of anilines is 1. The molecule has 0 aliphatic heterocycles. The van der Waals surface area contributed by atoms with Crippen molar-refractivity contribution in [3.05, 3.63) is 29.8 Å². The Morgan fingerprint density at radius 3 is 2.41 bits per heavy atom. The number of ketones is 1. The number of carbonyl (C=O) groups is 1. The van der Waals surface area contributed by atoms with E-state index in [1.807, 2.05) is 38.1 Å². The molecule has 1 aliphatic carbocycles. The summed E-state index contributed by atoms with van der Waals surface area (Å²) in [6.07, 6.45) is 1.95. The standard InChI is InChI=1S/C14H19NO2/c1-10(2)17-9-13(16)14(7-8-14)11-3-5-12(15)6-4-11/h3-6,10H,7-9,15H2,1-2H3. The third-order valence-corrected chi connectivity index (χ3v) is 3.29. The lowest BCUT2D eigenvalue weighted by atomic mass is 9.91. The van der Waals surface area contributed by atoms with Crippen molar-refractivity contribution in [2.75, 3.05) is 12.3 Å². The number of hydrogen-bond acceptors (Lipinski definition) is 3. The van der Waals surface area contributed by atoms with E-state index in [1.165, 1.54) is 0 Å². The predicted molar refractivity (Wildman–Crippen MR) is 67.9 cm³/mol. The van der Waals surface area contributed by atoms with Gasteiger partial charge in [0.25, 0.3) is 0 Å². The zero-order valence-corrected chi connectivity index (χ0v) is 10.4. The molecule has 17 heavy (non-hydrogen) atoms. The fraction of sp³-hybridized carbons (Fsp3) is 0.500. The summed E-state index contributed by atoms with van der Waals surface area (Å²) >= 11 is 0. The number of nitrogens with two attached hydrogens (primary N) is 1. The first kappa shape index (κ1) is 12.1. The fourth-order valence-electron chi connectivity index (χ4n) is 2.04. The topological polar surface area (TPSA) is 52.3 Å². The highest BCUT2D eigenvalue weighted by Crippen LogP contribution is 2.49. The molecule has 0 spiro atoms. The number of ether oxygens (including phenoxy) is 1. The molecule has 0 radical (unpaired) electrons.